The van der Waals surface area contributed by atoms with Crippen molar-refractivity contribution in [3.63, 3.8) is 0 Å². The second kappa shape index (κ2) is 6.56. The largest absolute Gasteiger partial charge is 0.468 e. The lowest BCUT2D eigenvalue weighted by Crippen LogP contribution is -2.16. The molecule has 1 rings (SSSR count). The molecule has 0 spiro atoms. The number of esters is 1. The summed E-state index contributed by atoms with van der Waals surface area (Å²) in [4.78, 5) is 11.3. The number of hydrogen-bond donors (Lipinski definition) is 0. The highest BCUT2D eigenvalue weighted by atomic mass is 32.2. The smallest absolute Gasteiger partial charge is 0.309 e. The molecule has 84 valence electrons. The van der Waals surface area contributed by atoms with Gasteiger partial charge in [-0.15, -0.1) is 0 Å². The molecule has 1 atom stereocenters. The average Bonchev–Trinajstić information content (AvgIpc) is 2.71. The van der Waals surface area contributed by atoms with Crippen molar-refractivity contribution in [2.75, 3.05) is 12.4 Å². The van der Waals surface area contributed by atoms with Crippen LogP contribution in [0.1, 0.15) is 19.6 Å². The number of rotatable bonds is 6. The summed E-state index contributed by atoms with van der Waals surface area (Å²) in [6.45, 7) is 4.15. The average molecular weight is 228 g/mol. The summed E-state index contributed by atoms with van der Waals surface area (Å²) in [7, 11) is 0. The van der Waals surface area contributed by atoms with Gasteiger partial charge in [-0.3, -0.25) is 4.79 Å². The fourth-order valence-electron chi connectivity index (χ4n) is 1.08. The molecule has 0 N–H and O–H groups in total. The minimum atomic E-state index is -0.121. The highest BCUT2D eigenvalue weighted by Crippen LogP contribution is 2.16. The summed E-state index contributed by atoms with van der Waals surface area (Å²) in [6, 6.07) is 3.80. The Balaban J connectivity index is 2.17. The van der Waals surface area contributed by atoms with Crippen LogP contribution in [0.4, 0.5) is 0 Å². The van der Waals surface area contributed by atoms with E-state index in [1.807, 2.05) is 26.0 Å². The number of hydrogen-bond acceptors (Lipinski definition) is 4. The van der Waals surface area contributed by atoms with Gasteiger partial charge in [-0.05, 0) is 19.1 Å². The van der Waals surface area contributed by atoms with Gasteiger partial charge in [0.05, 0.1) is 24.5 Å². The van der Waals surface area contributed by atoms with Crippen LogP contribution in [0, 0.1) is 5.92 Å². The molecular weight excluding hydrogens is 212 g/mol. The predicted octanol–water partition coefficient (Wildman–Crippen LogP) is 2.71. The van der Waals surface area contributed by atoms with E-state index < -0.39 is 0 Å². The molecule has 15 heavy (non-hydrogen) atoms. The molecule has 0 amide bonds. The number of thioether (sulfide) groups is 1. The van der Waals surface area contributed by atoms with Gasteiger partial charge in [0, 0.05) is 5.75 Å². The second-order valence-electron chi connectivity index (χ2n) is 3.25. The summed E-state index contributed by atoms with van der Waals surface area (Å²) < 4.78 is 10.1. The van der Waals surface area contributed by atoms with Gasteiger partial charge in [0.2, 0.25) is 0 Å². The zero-order valence-corrected chi connectivity index (χ0v) is 9.88. The molecule has 1 aromatic heterocycles. The maximum absolute atomic E-state index is 11.3. The molecule has 0 aliphatic heterocycles. The van der Waals surface area contributed by atoms with Crippen molar-refractivity contribution in [1.29, 1.82) is 0 Å². The van der Waals surface area contributed by atoms with Crippen LogP contribution in [0.15, 0.2) is 22.8 Å². The lowest BCUT2D eigenvalue weighted by molar-refractivity contribution is -0.146. The van der Waals surface area contributed by atoms with E-state index in [9.17, 15) is 4.79 Å². The molecule has 0 bridgehead atoms. The normalized spacial score (nSPS) is 12.4. The van der Waals surface area contributed by atoms with Crippen molar-refractivity contribution in [2.45, 2.75) is 19.6 Å². The maximum atomic E-state index is 11.3. The van der Waals surface area contributed by atoms with Crippen LogP contribution in [0.2, 0.25) is 0 Å². The van der Waals surface area contributed by atoms with Crippen molar-refractivity contribution in [3.8, 4) is 0 Å². The minimum Gasteiger partial charge on any atom is -0.468 e. The maximum Gasteiger partial charge on any atom is 0.309 e. The lowest BCUT2D eigenvalue weighted by atomic mass is 10.2. The fourth-order valence-corrected chi connectivity index (χ4v) is 2.06. The molecule has 0 saturated heterocycles. The quantitative estimate of drug-likeness (QED) is 0.702. The van der Waals surface area contributed by atoms with Crippen LogP contribution in [0.3, 0.4) is 0 Å². The van der Waals surface area contributed by atoms with Gasteiger partial charge in [0.1, 0.15) is 5.76 Å². The molecule has 0 aliphatic rings. The van der Waals surface area contributed by atoms with Crippen LogP contribution < -0.4 is 0 Å². The van der Waals surface area contributed by atoms with Crippen LogP contribution >= 0.6 is 11.8 Å². The van der Waals surface area contributed by atoms with Crippen molar-refractivity contribution < 1.29 is 13.9 Å². The van der Waals surface area contributed by atoms with Gasteiger partial charge in [-0.25, -0.2) is 0 Å². The zero-order chi connectivity index (χ0) is 11.1. The Morgan fingerprint density at radius 2 is 2.47 bits per heavy atom. The molecule has 0 fully saturated rings. The summed E-state index contributed by atoms with van der Waals surface area (Å²) in [5.74, 6) is 2.33. The number of furan rings is 1. The third-order valence-corrected chi connectivity index (χ3v) is 3.11. The van der Waals surface area contributed by atoms with Crippen LogP contribution in [0.25, 0.3) is 0 Å². The molecular formula is C11H16O3S. The zero-order valence-electron chi connectivity index (χ0n) is 9.06. The first kappa shape index (κ1) is 12.2. The Morgan fingerprint density at radius 3 is 3.07 bits per heavy atom. The fraction of sp³-hybridized carbons (Fsp3) is 0.545. The van der Waals surface area contributed by atoms with Crippen molar-refractivity contribution >= 4 is 17.7 Å². The number of carbonyl (C=O) groups excluding carboxylic acids is 1. The summed E-state index contributed by atoms with van der Waals surface area (Å²) in [5, 5.41) is 0. The Morgan fingerprint density at radius 1 is 1.67 bits per heavy atom. The van der Waals surface area contributed by atoms with Crippen molar-refractivity contribution in [1.82, 2.24) is 0 Å². The standard InChI is InChI=1S/C11H16O3S/c1-3-13-11(12)9(2)7-15-8-10-5-4-6-14-10/h4-6,9H,3,7-8H2,1-2H3. The highest BCUT2D eigenvalue weighted by Gasteiger charge is 2.13. The second-order valence-corrected chi connectivity index (χ2v) is 4.28. The summed E-state index contributed by atoms with van der Waals surface area (Å²) in [5.41, 5.74) is 0. The van der Waals surface area contributed by atoms with Crippen LogP contribution in [-0.2, 0) is 15.3 Å². The lowest BCUT2D eigenvalue weighted by Gasteiger charge is -2.08. The van der Waals surface area contributed by atoms with Gasteiger partial charge in [0.15, 0.2) is 0 Å². The minimum absolute atomic E-state index is 0.0510. The van der Waals surface area contributed by atoms with Crippen molar-refractivity contribution in [3.05, 3.63) is 24.2 Å². The van der Waals surface area contributed by atoms with E-state index in [-0.39, 0.29) is 11.9 Å². The Labute approximate surface area is 94.2 Å². The molecule has 0 aromatic carbocycles. The molecule has 0 saturated carbocycles. The van der Waals surface area contributed by atoms with E-state index in [0.29, 0.717) is 6.61 Å². The SMILES string of the molecule is CCOC(=O)C(C)CSCc1ccco1. The highest BCUT2D eigenvalue weighted by molar-refractivity contribution is 7.98. The third kappa shape index (κ3) is 4.42. The predicted molar refractivity (Wildman–Crippen MR) is 60.7 cm³/mol. The van der Waals surface area contributed by atoms with Gasteiger partial charge in [-0.2, -0.15) is 11.8 Å². The molecule has 3 nitrogen and oxygen atoms in total. The van der Waals surface area contributed by atoms with Crippen LogP contribution in [-0.4, -0.2) is 18.3 Å². The van der Waals surface area contributed by atoms with Crippen LogP contribution in [0.5, 0.6) is 0 Å². The van der Waals surface area contributed by atoms with E-state index in [1.165, 1.54) is 0 Å². The molecule has 1 unspecified atom stereocenters. The van der Waals surface area contributed by atoms with Gasteiger partial charge in [-0.1, -0.05) is 6.92 Å². The van der Waals surface area contributed by atoms with E-state index in [0.717, 1.165) is 17.3 Å². The van der Waals surface area contributed by atoms with E-state index in [4.69, 9.17) is 9.15 Å². The van der Waals surface area contributed by atoms with Gasteiger partial charge < -0.3 is 9.15 Å². The molecule has 1 heterocycles. The Hall–Kier alpha value is -0.900. The Kier molecular flexibility index (Phi) is 5.32. The third-order valence-electron chi connectivity index (χ3n) is 1.88. The number of ether oxygens (including phenoxy) is 1. The first-order valence-electron chi connectivity index (χ1n) is 5.00. The first-order valence-corrected chi connectivity index (χ1v) is 6.16. The summed E-state index contributed by atoms with van der Waals surface area (Å²) in [6.07, 6.45) is 1.66. The Bertz CT molecular complexity index is 282. The molecule has 0 aliphatic carbocycles. The van der Waals surface area contributed by atoms with Gasteiger partial charge >= 0.3 is 5.97 Å². The van der Waals surface area contributed by atoms with E-state index >= 15 is 0 Å². The molecule has 1 aromatic rings. The van der Waals surface area contributed by atoms with E-state index in [1.54, 1.807) is 18.0 Å². The first-order chi connectivity index (χ1) is 7.24. The molecule has 4 heteroatoms. The molecule has 0 radical (unpaired) electrons. The van der Waals surface area contributed by atoms with Crippen molar-refractivity contribution in [2.24, 2.45) is 5.92 Å². The number of carbonyl (C=O) groups is 1. The van der Waals surface area contributed by atoms with Gasteiger partial charge in [0.25, 0.3) is 0 Å². The topological polar surface area (TPSA) is 39.4 Å². The van der Waals surface area contributed by atoms with E-state index in [2.05, 4.69) is 0 Å². The monoisotopic (exact) mass is 228 g/mol. The summed E-state index contributed by atoms with van der Waals surface area (Å²) >= 11 is 1.68.